The number of hydrogen-bond donors (Lipinski definition) is 1. The Morgan fingerprint density at radius 2 is 2.12 bits per heavy atom. The number of nitrogens with one attached hydrogen (secondary N) is 1. The van der Waals surface area contributed by atoms with E-state index in [0.717, 1.165) is 39.4 Å². The Balaban J connectivity index is 1.61. The number of anilines is 1. The fraction of sp³-hybridized carbons (Fsp3) is 0.526. The second kappa shape index (κ2) is 8.24. The van der Waals surface area contributed by atoms with Crippen molar-refractivity contribution in [1.82, 2.24) is 9.80 Å². The molecule has 6 heteroatoms. The summed E-state index contributed by atoms with van der Waals surface area (Å²) < 4.78 is 10.9. The summed E-state index contributed by atoms with van der Waals surface area (Å²) in [5.41, 5.74) is 0.644. The number of likely N-dealkylation sites (tertiary alicyclic amines) is 1. The first-order valence-corrected chi connectivity index (χ1v) is 8.72. The van der Waals surface area contributed by atoms with E-state index in [1.807, 2.05) is 23.1 Å². The zero-order valence-corrected chi connectivity index (χ0v) is 14.6. The lowest BCUT2D eigenvalue weighted by atomic mass is 10.0. The number of para-hydroxylation sites is 2. The zero-order chi connectivity index (χ0) is 17.6. The van der Waals surface area contributed by atoms with Crippen molar-refractivity contribution >= 4 is 11.7 Å². The summed E-state index contributed by atoms with van der Waals surface area (Å²) in [5, 5.41) is 2.96. The average molecular weight is 343 g/mol. The topological polar surface area (TPSA) is 54.0 Å². The standard InChI is InChI=1S/C19H25N3O3/c1-3-10-25-18-7-5-4-6-16(18)20-19(23)22-13-15(2)17(14-22)21-8-11-24-12-9-21/h1,4-7,15,17H,8-14H2,2H3,(H,20,23)/t15-,17+/m1/s1. The molecule has 3 rings (SSSR count). The monoisotopic (exact) mass is 343 g/mol. The van der Waals surface area contributed by atoms with E-state index in [2.05, 4.69) is 23.1 Å². The van der Waals surface area contributed by atoms with Crippen LogP contribution in [0, 0.1) is 18.3 Å². The number of carbonyl (C=O) groups excluding carboxylic acids is 1. The molecule has 0 radical (unpaired) electrons. The molecule has 6 nitrogen and oxygen atoms in total. The second-order valence-electron chi connectivity index (χ2n) is 6.52. The maximum absolute atomic E-state index is 12.7. The molecule has 0 spiro atoms. The second-order valence-corrected chi connectivity index (χ2v) is 6.52. The summed E-state index contributed by atoms with van der Waals surface area (Å²) in [4.78, 5) is 17.0. The van der Waals surface area contributed by atoms with E-state index >= 15 is 0 Å². The number of hydrogen-bond acceptors (Lipinski definition) is 4. The maximum Gasteiger partial charge on any atom is 0.322 e. The van der Waals surface area contributed by atoms with E-state index in [1.165, 1.54) is 0 Å². The molecule has 0 unspecified atom stereocenters. The van der Waals surface area contributed by atoms with Gasteiger partial charge in [-0.15, -0.1) is 6.42 Å². The van der Waals surface area contributed by atoms with Crippen molar-refractivity contribution in [1.29, 1.82) is 0 Å². The van der Waals surface area contributed by atoms with E-state index in [1.54, 1.807) is 6.07 Å². The molecular formula is C19H25N3O3. The minimum Gasteiger partial charge on any atom is -0.479 e. The minimum absolute atomic E-state index is 0.0978. The highest BCUT2D eigenvalue weighted by Crippen LogP contribution is 2.26. The van der Waals surface area contributed by atoms with Crippen molar-refractivity contribution < 1.29 is 14.3 Å². The highest BCUT2D eigenvalue weighted by Gasteiger charge is 2.36. The van der Waals surface area contributed by atoms with Gasteiger partial charge in [0.05, 0.1) is 18.9 Å². The Morgan fingerprint density at radius 1 is 1.36 bits per heavy atom. The van der Waals surface area contributed by atoms with Gasteiger partial charge in [0, 0.05) is 32.2 Å². The quantitative estimate of drug-likeness (QED) is 0.848. The lowest BCUT2D eigenvalue weighted by Crippen LogP contribution is -2.47. The normalized spacial score (nSPS) is 23.9. The molecule has 2 atom stereocenters. The summed E-state index contributed by atoms with van der Waals surface area (Å²) in [6.07, 6.45) is 5.24. The summed E-state index contributed by atoms with van der Waals surface area (Å²) >= 11 is 0. The van der Waals surface area contributed by atoms with Crippen LogP contribution in [0.2, 0.25) is 0 Å². The van der Waals surface area contributed by atoms with Crippen LogP contribution >= 0.6 is 0 Å². The molecule has 2 fully saturated rings. The summed E-state index contributed by atoms with van der Waals surface area (Å²) in [6, 6.07) is 7.63. The smallest absolute Gasteiger partial charge is 0.322 e. The number of nitrogens with zero attached hydrogens (tertiary/aromatic N) is 2. The molecule has 2 amide bonds. The lowest BCUT2D eigenvalue weighted by Gasteiger charge is -2.33. The van der Waals surface area contributed by atoms with Crippen LogP contribution in [-0.2, 0) is 4.74 Å². The fourth-order valence-electron chi connectivity index (χ4n) is 3.51. The van der Waals surface area contributed by atoms with Gasteiger partial charge in [-0.1, -0.05) is 25.0 Å². The Hall–Kier alpha value is -2.23. The van der Waals surface area contributed by atoms with Crippen LogP contribution in [0.5, 0.6) is 5.75 Å². The third kappa shape index (κ3) is 4.25. The summed E-state index contributed by atoms with van der Waals surface area (Å²) in [5.74, 6) is 3.47. The predicted octanol–water partition coefficient (Wildman–Crippen LogP) is 1.88. The molecule has 2 aliphatic rings. The zero-order valence-electron chi connectivity index (χ0n) is 14.6. The third-order valence-corrected chi connectivity index (χ3v) is 4.81. The van der Waals surface area contributed by atoms with Gasteiger partial charge in [-0.2, -0.15) is 0 Å². The number of amides is 2. The molecule has 0 aromatic heterocycles. The van der Waals surface area contributed by atoms with Crippen molar-refractivity contribution in [3.63, 3.8) is 0 Å². The molecule has 2 saturated heterocycles. The molecule has 134 valence electrons. The van der Waals surface area contributed by atoms with Gasteiger partial charge in [0.2, 0.25) is 0 Å². The third-order valence-electron chi connectivity index (χ3n) is 4.81. The van der Waals surface area contributed by atoms with Crippen LogP contribution in [0.15, 0.2) is 24.3 Å². The SMILES string of the molecule is C#CCOc1ccccc1NC(=O)N1C[C@@H](C)[C@@H](N2CCOCC2)C1. The number of rotatable bonds is 4. The number of ether oxygens (including phenoxy) is 2. The van der Waals surface area contributed by atoms with Crippen molar-refractivity contribution in [3.05, 3.63) is 24.3 Å². The van der Waals surface area contributed by atoms with Crippen LogP contribution in [-0.4, -0.2) is 67.9 Å². The lowest BCUT2D eigenvalue weighted by molar-refractivity contribution is 0.0123. The predicted molar refractivity (Wildman–Crippen MR) is 96.7 cm³/mol. The van der Waals surface area contributed by atoms with E-state index in [0.29, 0.717) is 23.4 Å². The highest BCUT2D eigenvalue weighted by atomic mass is 16.5. The molecule has 25 heavy (non-hydrogen) atoms. The number of carbonyl (C=O) groups is 1. The number of terminal acetylenes is 1. The van der Waals surface area contributed by atoms with Gasteiger partial charge in [0.1, 0.15) is 12.4 Å². The number of benzene rings is 1. The van der Waals surface area contributed by atoms with Crippen molar-refractivity contribution in [3.8, 4) is 18.1 Å². The Morgan fingerprint density at radius 3 is 2.88 bits per heavy atom. The maximum atomic E-state index is 12.7. The van der Waals surface area contributed by atoms with Crippen LogP contribution in [0.25, 0.3) is 0 Å². The summed E-state index contributed by atoms with van der Waals surface area (Å²) in [6.45, 7) is 7.29. The molecule has 1 aromatic carbocycles. The first kappa shape index (κ1) is 17.6. The van der Waals surface area contributed by atoms with E-state index in [4.69, 9.17) is 15.9 Å². The molecule has 1 N–H and O–H groups in total. The molecular weight excluding hydrogens is 318 g/mol. The van der Waals surface area contributed by atoms with Gasteiger partial charge in [0.15, 0.2) is 0 Å². The first-order chi connectivity index (χ1) is 12.2. The largest absolute Gasteiger partial charge is 0.479 e. The first-order valence-electron chi connectivity index (χ1n) is 8.72. The molecule has 2 heterocycles. The van der Waals surface area contributed by atoms with Gasteiger partial charge in [-0.3, -0.25) is 4.90 Å². The van der Waals surface area contributed by atoms with Gasteiger partial charge in [-0.05, 0) is 18.1 Å². The Labute approximate surface area is 149 Å². The van der Waals surface area contributed by atoms with Crippen molar-refractivity contribution in [2.24, 2.45) is 5.92 Å². The number of urea groups is 1. The molecule has 2 aliphatic heterocycles. The van der Waals surface area contributed by atoms with Crippen LogP contribution in [0.1, 0.15) is 6.92 Å². The molecule has 1 aromatic rings. The fourth-order valence-corrected chi connectivity index (χ4v) is 3.51. The molecule has 0 saturated carbocycles. The molecule has 0 aliphatic carbocycles. The molecule has 0 bridgehead atoms. The average Bonchev–Trinajstić information content (AvgIpc) is 3.03. The van der Waals surface area contributed by atoms with Gasteiger partial charge >= 0.3 is 6.03 Å². The van der Waals surface area contributed by atoms with Gasteiger partial charge in [0.25, 0.3) is 0 Å². The number of morpholine rings is 1. The van der Waals surface area contributed by atoms with Gasteiger partial charge < -0.3 is 19.7 Å². The van der Waals surface area contributed by atoms with E-state index in [9.17, 15) is 4.79 Å². The Kier molecular flexibility index (Phi) is 5.79. The van der Waals surface area contributed by atoms with Crippen LogP contribution in [0.3, 0.4) is 0 Å². The van der Waals surface area contributed by atoms with Crippen molar-refractivity contribution in [2.45, 2.75) is 13.0 Å². The van der Waals surface area contributed by atoms with Gasteiger partial charge in [-0.25, -0.2) is 4.79 Å². The minimum atomic E-state index is -0.0978. The van der Waals surface area contributed by atoms with E-state index in [-0.39, 0.29) is 12.6 Å². The summed E-state index contributed by atoms with van der Waals surface area (Å²) in [7, 11) is 0. The Bertz CT molecular complexity index is 637. The van der Waals surface area contributed by atoms with Crippen molar-refractivity contribution in [2.75, 3.05) is 51.3 Å². The van der Waals surface area contributed by atoms with Crippen LogP contribution in [0.4, 0.5) is 10.5 Å². The van der Waals surface area contributed by atoms with E-state index < -0.39 is 0 Å². The van der Waals surface area contributed by atoms with Crippen LogP contribution < -0.4 is 10.1 Å². The highest BCUT2D eigenvalue weighted by molar-refractivity contribution is 5.91.